The Morgan fingerprint density at radius 2 is 1.67 bits per heavy atom. The van der Waals surface area contributed by atoms with Gasteiger partial charge in [0, 0.05) is 36.7 Å². The summed E-state index contributed by atoms with van der Waals surface area (Å²) in [6.07, 6.45) is 4.80. The molecule has 2 heterocycles. The van der Waals surface area contributed by atoms with E-state index in [0.717, 1.165) is 44.5 Å². The maximum Gasteiger partial charge on any atom is 0.0920 e. The molecule has 3 nitrogen and oxygen atoms in total. The monoisotopic (exact) mass is 320 g/mol. The summed E-state index contributed by atoms with van der Waals surface area (Å²) in [6, 6.07) is 18.6. The molecule has 1 aromatic heterocycles. The van der Waals surface area contributed by atoms with Crippen LogP contribution in [0.3, 0.4) is 0 Å². The Kier molecular flexibility index (Phi) is 4.13. The number of aromatic amines is 1. The predicted octanol–water partition coefficient (Wildman–Crippen LogP) is 3.69. The highest BCUT2D eigenvalue weighted by molar-refractivity contribution is 5.83. The Balaban J connectivity index is 1.37. The van der Waals surface area contributed by atoms with Gasteiger partial charge in [0.2, 0.25) is 0 Å². The number of piperidine rings is 1. The highest BCUT2D eigenvalue weighted by Gasteiger charge is 2.33. The van der Waals surface area contributed by atoms with Crippen LogP contribution < -0.4 is 0 Å². The number of hydrogen-bond acceptors (Lipinski definition) is 2. The third kappa shape index (κ3) is 2.97. The zero-order valence-electron chi connectivity index (χ0n) is 13.9. The Bertz CT molecular complexity index is 801. The van der Waals surface area contributed by atoms with E-state index < -0.39 is 5.60 Å². The van der Waals surface area contributed by atoms with Crippen molar-refractivity contribution in [2.75, 3.05) is 19.6 Å². The van der Waals surface area contributed by atoms with Gasteiger partial charge < -0.3 is 15.0 Å². The summed E-state index contributed by atoms with van der Waals surface area (Å²) in [5.41, 5.74) is 3.00. The van der Waals surface area contributed by atoms with Crippen LogP contribution in [0.2, 0.25) is 0 Å². The number of nitrogens with zero attached hydrogens (tertiary/aromatic N) is 1. The second kappa shape index (κ2) is 6.42. The molecule has 4 rings (SSSR count). The van der Waals surface area contributed by atoms with E-state index in [2.05, 4.69) is 40.3 Å². The summed E-state index contributed by atoms with van der Waals surface area (Å²) in [4.78, 5) is 5.82. The summed E-state index contributed by atoms with van der Waals surface area (Å²) >= 11 is 0. The van der Waals surface area contributed by atoms with Gasteiger partial charge in [0.1, 0.15) is 0 Å². The van der Waals surface area contributed by atoms with Crippen molar-refractivity contribution >= 4 is 10.9 Å². The molecule has 1 aliphatic rings. The summed E-state index contributed by atoms with van der Waals surface area (Å²) in [7, 11) is 0. The lowest BCUT2D eigenvalue weighted by Crippen LogP contribution is -2.43. The van der Waals surface area contributed by atoms with Crippen molar-refractivity contribution in [2.24, 2.45) is 0 Å². The maximum absolute atomic E-state index is 10.9. The number of H-pyrrole nitrogens is 1. The van der Waals surface area contributed by atoms with E-state index in [9.17, 15) is 5.11 Å². The minimum atomic E-state index is -0.654. The van der Waals surface area contributed by atoms with Crippen LogP contribution in [0.25, 0.3) is 10.9 Å². The number of likely N-dealkylation sites (tertiary alicyclic amines) is 1. The number of aromatic nitrogens is 1. The van der Waals surface area contributed by atoms with E-state index >= 15 is 0 Å². The van der Waals surface area contributed by atoms with Gasteiger partial charge in [-0.15, -0.1) is 0 Å². The highest BCUT2D eigenvalue weighted by Crippen LogP contribution is 2.32. The van der Waals surface area contributed by atoms with E-state index in [1.54, 1.807) is 0 Å². The minimum Gasteiger partial charge on any atom is -0.385 e. The average molecular weight is 320 g/mol. The number of aliphatic hydroxyl groups is 1. The first-order valence-electron chi connectivity index (χ1n) is 8.80. The molecule has 1 saturated heterocycles. The zero-order chi connectivity index (χ0) is 16.4. The van der Waals surface area contributed by atoms with Crippen molar-refractivity contribution in [2.45, 2.75) is 24.9 Å². The fourth-order valence-electron chi connectivity index (χ4n) is 3.80. The van der Waals surface area contributed by atoms with Gasteiger partial charge in [0.05, 0.1) is 5.60 Å². The summed E-state index contributed by atoms with van der Waals surface area (Å²) in [5.74, 6) is 0. The Hall–Kier alpha value is -2.10. The van der Waals surface area contributed by atoms with Crippen LogP contribution in [-0.2, 0) is 12.0 Å². The molecule has 0 unspecified atom stereocenters. The topological polar surface area (TPSA) is 39.3 Å². The third-order valence-corrected chi connectivity index (χ3v) is 5.37. The van der Waals surface area contributed by atoms with E-state index in [0.29, 0.717) is 0 Å². The minimum absolute atomic E-state index is 0.654. The first-order chi connectivity index (χ1) is 11.7. The molecule has 0 atom stereocenters. The van der Waals surface area contributed by atoms with Crippen molar-refractivity contribution < 1.29 is 5.11 Å². The Labute approximate surface area is 142 Å². The molecule has 1 fully saturated rings. The fraction of sp³-hybridized carbons (Fsp3) is 0.333. The molecular formula is C21H24N2O. The third-order valence-electron chi connectivity index (χ3n) is 5.37. The van der Waals surface area contributed by atoms with Crippen molar-refractivity contribution in [1.29, 1.82) is 0 Å². The lowest BCUT2D eigenvalue weighted by atomic mass is 9.84. The fourth-order valence-corrected chi connectivity index (χ4v) is 3.80. The Morgan fingerprint density at radius 3 is 2.46 bits per heavy atom. The summed E-state index contributed by atoms with van der Waals surface area (Å²) in [6.45, 7) is 2.95. The van der Waals surface area contributed by atoms with Crippen LogP contribution in [0.15, 0.2) is 60.8 Å². The number of hydrogen-bond donors (Lipinski definition) is 2. The average Bonchev–Trinajstić information content (AvgIpc) is 3.05. The van der Waals surface area contributed by atoms with Crippen molar-refractivity contribution in [3.8, 4) is 0 Å². The highest BCUT2D eigenvalue weighted by atomic mass is 16.3. The van der Waals surface area contributed by atoms with Gasteiger partial charge >= 0.3 is 0 Å². The molecule has 124 valence electrons. The van der Waals surface area contributed by atoms with Crippen LogP contribution in [0, 0.1) is 0 Å². The maximum atomic E-state index is 10.9. The van der Waals surface area contributed by atoms with Gasteiger partial charge in [-0.3, -0.25) is 0 Å². The largest absolute Gasteiger partial charge is 0.385 e. The van der Waals surface area contributed by atoms with E-state index in [4.69, 9.17) is 0 Å². The quantitative estimate of drug-likeness (QED) is 0.769. The van der Waals surface area contributed by atoms with Gasteiger partial charge in [0.15, 0.2) is 0 Å². The molecule has 0 amide bonds. The number of nitrogens with one attached hydrogen (secondary N) is 1. The van der Waals surface area contributed by atoms with Gasteiger partial charge in [0.25, 0.3) is 0 Å². The van der Waals surface area contributed by atoms with Crippen LogP contribution in [-0.4, -0.2) is 34.6 Å². The zero-order valence-corrected chi connectivity index (χ0v) is 13.9. The van der Waals surface area contributed by atoms with Crippen molar-refractivity contribution in [3.63, 3.8) is 0 Å². The predicted molar refractivity (Wildman–Crippen MR) is 98.0 cm³/mol. The van der Waals surface area contributed by atoms with Crippen LogP contribution in [0.1, 0.15) is 24.0 Å². The molecular weight excluding hydrogens is 296 g/mol. The van der Waals surface area contributed by atoms with Crippen molar-refractivity contribution in [1.82, 2.24) is 9.88 Å². The molecule has 0 bridgehead atoms. The first kappa shape index (κ1) is 15.4. The van der Waals surface area contributed by atoms with Crippen LogP contribution in [0.4, 0.5) is 0 Å². The molecule has 3 aromatic rings. The molecule has 0 aliphatic carbocycles. The number of rotatable bonds is 4. The second-order valence-electron chi connectivity index (χ2n) is 6.85. The van der Waals surface area contributed by atoms with Gasteiger partial charge in [-0.05, 0) is 36.5 Å². The normalized spacial score (nSPS) is 18.0. The van der Waals surface area contributed by atoms with E-state index in [1.165, 1.54) is 16.5 Å². The summed E-state index contributed by atoms with van der Waals surface area (Å²) < 4.78 is 0. The molecule has 0 radical (unpaired) electrons. The molecule has 3 heteroatoms. The van der Waals surface area contributed by atoms with Crippen LogP contribution >= 0.6 is 0 Å². The summed E-state index contributed by atoms with van der Waals surface area (Å²) in [5, 5.41) is 12.3. The molecule has 1 aliphatic heterocycles. The van der Waals surface area contributed by atoms with Gasteiger partial charge in [-0.25, -0.2) is 0 Å². The Morgan fingerprint density at radius 1 is 0.958 bits per heavy atom. The van der Waals surface area contributed by atoms with E-state index in [1.807, 2.05) is 30.3 Å². The molecule has 0 saturated carbocycles. The number of fused-ring (bicyclic) bond motifs is 1. The van der Waals surface area contributed by atoms with Gasteiger partial charge in [-0.2, -0.15) is 0 Å². The van der Waals surface area contributed by atoms with Crippen molar-refractivity contribution in [3.05, 3.63) is 71.9 Å². The van der Waals surface area contributed by atoms with Crippen LogP contribution in [0.5, 0.6) is 0 Å². The smallest absolute Gasteiger partial charge is 0.0920 e. The lowest BCUT2D eigenvalue weighted by Gasteiger charge is -2.38. The lowest BCUT2D eigenvalue weighted by molar-refractivity contribution is -0.0255. The molecule has 0 spiro atoms. The number of benzene rings is 2. The molecule has 24 heavy (non-hydrogen) atoms. The second-order valence-corrected chi connectivity index (χ2v) is 6.85. The van der Waals surface area contributed by atoms with Gasteiger partial charge in [-0.1, -0.05) is 48.5 Å². The standard InChI is InChI=1S/C21H24N2O/c24-21(18-6-2-1-3-7-18)11-14-23(15-12-21)13-10-17-16-22-20-9-5-4-8-19(17)20/h1-9,16,22,24H,10-15H2. The SMILES string of the molecule is OC1(c2ccccc2)CCN(CCc2c[nH]c3ccccc23)CC1. The number of para-hydroxylation sites is 1. The molecule has 2 N–H and O–H groups in total. The molecule has 2 aromatic carbocycles. The van der Waals surface area contributed by atoms with E-state index in [-0.39, 0.29) is 0 Å². The first-order valence-corrected chi connectivity index (χ1v) is 8.80.